The minimum atomic E-state index is 0. The zero-order valence-corrected chi connectivity index (χ0v) is 16.7. The molecule has 22 heavy (non-hydrogen) atoms. The van der Waals surface area contributed by atoms with Gasteiger partial charge in [0.1, 0.15) is 0 Å². The zero-order chi connectivity index (χ0) is 15.1. The Morgan fingerprint density at radius 3 is 2.95 bits per heavy atom. The summed E-state index contributed by atoms with van der Waals surface area (Å²) in [7, 11) is 1.81. The van der Waals surface area contributed by atoms with Crippen molar-refractivity contribution in [2.24, 2.45) is 4.99 Å². The van der Waals surface area contributed by atoms with Crippen LogP contribution in [-0.2, 0) is 13.0 Å². The van der Waals surface area contributed by atoms with Crippen molar-refractivity contribution in [3.8, 4) is 0 Å². The second-order valence-electron chi connectivity index (χ2n) is 5.43. The highest BCUT2D eigenvalue weighted by Crippen LogP contribution is 2.26. The second kappa shape index (κ2) is 10.4. The molecule has 1 aromatic rings. The fraction of sp³-hybridized carbons (Fsp3) is 0.733. The normalized spacial score (nSPS) is 22.0. The van der Waals surface area contributed by atoms with E-state index in [-0.39, 0.29) is 24.0 Å². The minimum Gasteiger partial charge on any atom is -0.359 e. The van der Waals surface area contributed by atoms with Gasteiger partial charge in [0.2, 0.25) is 0 Å². The van der Waals surface area contributed by atoms with Gasteiger partial charge < -0.3 is 15.2 Å². The Morgan fingerprint density at radius 2 is 2.32 bits per heavy atom. The monoisotopic (exact) mass is 438 g/mol. The van der Waals surface area contributed by atoms with Gasteiger partial charge in [0.15, 0.2) is 11.7 Å². The Balaban J connectivity index is 0.00000242. The van der Waals surface area contributed by atoms with Crippen molar-refractivity contribution in [1.29, 1.82) is 0 Å². The van der Waals surface area contributed by atoms with E-state index in [2.05, 4.69) is 34.0 Å². The lowest BCUT2D eigenvalue weighted by molar-refractivity contribution is 0.373. The molecule has 2 unspecified atom stereocenters. The fourth-order valence-corrected chi connectivity index (χ4v) is 3.48. The number of thioether (sulfide) groups is 1. The highest BCUT2D eigenvalue weighted by molar-refractivity contribution is 14.0. The van der Waals surface area contributed by atoms with Crippen molar-refractivity contribution in [2.45, 2.75) is 56.9 Å². The zero-order valence-electron chi connectivity index (χ0n) is 13.6. The van der Waals surface area contributed by atoms with Gasteiger partial charge in [0, 0.05) is 24.4 Å². The first-order valence-corrected chi connectivity index (χ1v) is 8.98. The molecule has 2 rings (SSSR count). The van der Waals surface area contributed by atoms with Crippen LogP contribution in [0.4, 0.5) is 0 Å². The number of aromatic nitrogens is 1. The largest absolute Gasteiger partial charge is 0.359 e. The Bertz CT molecular complexity index is 466. The van der Waals surface area contributed by atoms with Crippen molar-refractivity contribution in [1.82, 2.24) is 15.8 Å². The van der Waals surface area contributed by atoms with E-state index >= 15 is 0 Å². The maximum absolute atomic E-state index is 5.28. The smallest absolute Gasteiger partial charge is 0.191 e. The molecule has 2 N–H and O–H groups in total. The van der Waals surface area contributed by atoms with E-state index in [1.165, 1.54) is 25.7 Å². The summed E-state index contributed by atoms with van der Waals surface area (Å²) in [4.78, 5) is 4.30. The SMILES string of the molecule is CCc1cc(CNC(=NC)NC2CCCC(SC)C2)on1.I. The summed E-state index contributed by atoms with van der Waals surface area (Å²) in [5, 5.41) is 11.6. The van der Waals surface area contributed by atoms with Gasteiger partial charge in [-0.2, -0.15) is 11.8 Å². The lowest BCUT2D eigenvalue weighted by atomic mass is 9.95. The molecule has 7 heteroatoms. The molecule has 0 saturated heterocycles. The average Bonchev–Trinajstić information content (AvgIpc) is 2.99. The first-order valence-electron chi connectivity index (χ1n) is 7.69. The van der Waals surface area contributed by atoms with Crippen molar-refractivity contribution in [2.75, 3.05) is 13.3 Å². The number of guanidine groups is 1. The first kappa shape index (κ1) is 19.6. The maximum atomic E-state index is 5.28. The molecule has 0 bridgehead atoms. The molecule has 1 aliphatic rings. The van der Waals surface area contributed by atoms with Crippen molar-refractivity contribution in [3.05, 3.63) is 17.5 Å². The fourth-order valence-electron chi connectivity index (χ4n) is 2.65. The molecule has 1 fully saturated rings. The van der Waals surface area contributed by atoms with Gasteiger partial charge in [-0.05, 0) is 31.9 Å². The Morgan fingerprint density at radius 1 is 1.50 bits per heavy atom. The van der Waals surface area contributed by atoms with E-state index in [1.807, 2.05) is 24.9 Å². The van der Waals surface area contributed by atoms with Crippen LogP contribution < -0.4 is 10.6 Å². The second-order valence-corrected chi connectivity index (χ2v) is 6.57. The summed E-state index contributed by atoms with van der Waals surface area (Å²) in [5.74, 6) is 1.69. The molecule has 1 saturated carbocycles. The predicted octanol–water partition coefficient (Wildman–Crippen LogP) is 3.19. The molecule has 1 aromatic heterocycles. The topological polar surface area (TPSA) is 62.5 Å². The third-order valence-electron chi connectivity index (χ3n) is 3.92. The third-order valence-corrected chi connectivity index (χ3v) is 5.02. The first-order chi connectivity index (χ1) is 10.2. The van der Waals surface area contributed by atoms with Crippen LogP contribution in [0.15, 0.2) is 15.6 Å². The van der Waals surface area contributed by atoms with Gasteiger partial charge in [0.05, 0.1) is 12.2 Å². The molecule has 2 atom stereocenters. The number of halogens is 1. The lowest BCUT2D eigenvalue weighted by Crippen LogP contribution is -2.45. The average molecular weight is 438 g/mol. The van der Waals surface area contributed by atoms with Crippen LogP contribution in [0.3, 0.4) is 0 Å². The van der Waals surface area contributed by atoms with E-state index in [4.69, 9.17) is 4.52 Å². The molecule has 5 nitrogen and oxygen atoms in total. The van der Waals surface area contributed by atoms with Gasteiger partial charge in [-0.15, -0.1) is 24.0 Å². The number of nitrogens with zero attached hydrogens (tertiary/aromatic N) is 2. The summed E-state index contributed by atoms with van der Waals surface area (Å²) in [6.45, 7) is 2.69. The molecule has 0 spiro atoms. The number of hydrogen-bond acceptors (Lipinski definition) is 4. The van der Waals surface area contributed by atoms with Crippen LogP contribution in [0.25, 0.3) is 0 Å². The van der Waals surface area contributed by atoms with Crippen molar-refractivity contribution >= 4 is 41.7 Å². The summed E-state index contributed by atoms with van der Waals surface area (Å²) in [6.07, 6.45) is 8.17. The molecule has 0 aliphatic heterocycles. The van der Waals surface area contributed by atoms with E-state index < -0.39 is 0 Å². The maximum Gasteiger partial charge on any atom is 0.191 e. The van der Waals surface area contributed by atoms with E-state index in [0.29, 0.717) is 12.6 Å². The molecular formula is C15H27IN4OS. The van der Waals surface area contributed by atoms with Gasteiger partial charge in [-0.1, -0.05) is 18.5 Å². The van der Waals surface area contributed by atoms with Gasteiger partial charge >= 0.3 is 0 Å². The molecule has 0 aromatic carbocycles. The lowest BCUT2D eigenvalue weighted by Gasteiger charge is -2.29. The van der Waals surface area contributed by atoms with E-state index in [1.54, 1.807) is 0 Å². The number of aryl methyl sites for hydroxylation is 1. The number of rotatable bonds is 5. The molecule has 126 valence electrons. The van der Waals surface area contributed by atoms with Crippen molar-refractivity contribution < 1.29 is 4.52 Å². The van der Waals surface area contributed by atoms with E-state index in [0.717, 1.165) is 29.1 Å². The predicted molar refractivity (Wildman–Crippen MR) is 104 cm³/mol. The van der Waals surface area contributed by atoms with Crippen LogP contribution in [-0.4, -0.2) is 35.7 Å². The quantitative estimate of drug-likeness (QED) is 0.420. The Labute approximate surface area is 154 Å². The summed E-state index contributed by atoms with van der Waals surface area (Å²) in [5.41, 5.74) is 0.991. The van der Waals surface area contributed by atoms with Crippen LogP contribution in [0.1, 0.15) is 44.1 Å². The Hall–Kier alpha value is -0.440. The van der Waals surface area contributed by atoms with E-state index in [9.17, 15) is 0 Å². The molecule has 1 aliphatic carbocycles. The number of aliphatic imine (C=N–C) groups is 1. The standard InChI is InChI=1S/C15H26N4OS.HI/c1-4-11-8-13(20-19-11)10-17-15(16-2)18-12-6-5-7-14(9-12)21-3;/h8,12,14H,4-7,9-10H2,1-3H3,(H2,16,17,18);1H. The number of nitrogens with one attached hydrogen (secondary N) is 2. The van der Waals surface area contributed by atoms with Gasteiger partial charge in [0.25, 0.3) is 0 Å². The number of hydrogen-bond donors (Lipinski definition) is 2. The third kappa shape index (κ3) is 5.98. The van der Waals surface area contributed by atoms with Crippen LogP contribution >= 0.6 is 35.7 Å². The molecular weight excluding hydrogens is 411 g/mol. The summed E-state index contributed by atoms with van der Waals surface area (Å²) in [6, 6.07) is 2.51. The van der Waals surface area contributed by atoms with Gasteiger partial charge in [-0.25, -0.2) is 0 Å². The molecule has 0 amide bonds. The Kier molecular flexibility index (Phi) is 9.23. The highest BCUT2D eigenvalue weighted by atomic mass is 127. The van der Waals surface area contributed by atoms with Crippen LogP contribution in [0.5, 0.6) is 0 Å². The molecule has 0 radical (unpaired) electrons. The summed E-state index contributed by atoms with van der Waals surface area (Å²) >= 11 is 1.98. The van der Waals surface area contributed by atoms with Crippen LogP contribution in [0.2, 0.25) is 0 Å². The van der Waals surface area contributed by atoms with Gasteiger partial charge in [-0.3, -0.25) is 4.99 Å². The minimum absolute atomic E-state index is 0. The highest BCUT2D eigenvalue weighted by Gasteiger charge is 2.21. The van der Waals surface area contributed by atoms with Crippen molar-refractivity contribution in [3.63, 3.8) is 0 Å². The molecule has 1 heterocycles. The van der Waals surface area contributed by atoms with Crippen LogP contribution in [0, 0.1) is 0 Å². The summed E-state index contributed by atoms with van der Waals surface area (Å²) < 4.78 is 5.28.